The van der Waals surface area contributed by atoms with E-state index >= 15 is 0 Å². The lowest BCUT2D eigenvalue weighted by molar-refractivity contribution is -0.113. The van der Waals surface area contributed by atoms with Gasteiger partial charge in [-0.1, -0.05) is 58.6 Å². The number of unbranched alkanes of at least 4 members (excludes halogenated alkanes) is 5. The molecule has 1 nitrogen and oxygen atoms in total. The zero-order valence-corrected chi connectivity index (χ0v) is 12.1. The highest BCUT2D eigenvalue weighted by Gasteiger charge is 2.59. The van der Waals surface area contributed by atoms with E-state index in [4.69, 9.17) is 11.6 Å². The van der Waals surface area contributed by atoms with Crippen LogP contribution in [0.25, 0.3) is 0 Å². The lowest BCUT2D eigenvalue weighted by Gasteiger charge is -1.97. The van der Waals surface area contributed by atoms with Crippen LogP contribution in [0.15, 0.2) is 12.2 Å². The quantitative estimate of drug-likeness (QED) is 0.342. The van der Waals surface area contributed by atoms with Crippen LogP contribution in [0.3, 0.4) is 0 Å². The maximum atomic E-state index is 11.2. The fourth-order valence-electron chi connectivity index (χ4n) is 2.58. The SMILES string of the molecule is CCCCCCCC=CC1C(C(=O)Cl)C1(C)C. The molecule has 2 atom stereocenters. The van der Waals surface area contributed by atoms with Gasteiger partial charge in [-0.15, -0.1) is 0 Å². The van der Waals surface area contributed by atoms with Gasteiger partial charge >= 0.3 is 0 Å². The number of carbonyl (C=O) groups is 1. The van der Waals surface area contributed by atoms with Crippen molar-refractivity contribution in [2.24, 2.45) is 17.3 Å². The van der Waals surface area contributed by atoms with Gasteiger partial charge in [0.1, 0.15) is 0 Å². The van der Waals surface area contributed by atoms with Crippen molar-refractivity contribution < 1.29 is 4.79 Å². The Bertz CT molecular complexity index is 281. The van der Waals surface area contributed by atoms with E-state index in [0.29, 0.717) is 5.92 Å². The third-order valence-corrected chi connectivity index (χ3v) is 4.21. The third kappa shape index (κ3) is 4.13. The van der Waals surface area contributed by atoms with E-state index in [-0.39, 0.29) is 16.6 Å². The zero-order chi connectivity index (χ0) is 12.9. The first-order chi connectivity index (χ1) is 8.01. The molecule has 1 aliphatic rings. The van der Waals surface area contributed by atoms with E-state index < -0.39 is 0 Å². The maximum absolute atomic E-state index is 11.2. The molecule has 17 heavy (non-hydrogen) atoms. The second-order valence-electron chi connectivity index (χ2n) is 5.76. The van der Waals surface area contributed by atoms with E-state index in [9.17, 15) is 4.79 Å². The second kappa shape index (κ2) is 6.58. The predicted molar refractivity (Wildman–Crippen MR) is 74.1 cm³/mol. The summed E-state index contributed by atoms with van der Waals surface area (Å²) in [5.74, 6) is 0.406. The third-order valence-electron chi connectivity index (χ3n) is 3.97. The van der Waals surface area contributed by atoms with Crippen molar-refractivity contribution in [1.82, 2.24) is 0 Å². The number of hydrogen-bond donors (Lipinski definition) is 0. The van der Waals surface area contributed by atoms with Crippen LogP contribution in [0.1, 0.15) is 59.3 Å². The van der Waals surface area contributed by atoms with Gasteiger partial charge in [-0.3, -0.25) is 4.79 Å². The Hall–Kier alpha value is -0.300. The fraction of sp³-hybridized carbons (Fsp3) is 0.800. The molecular weight excluding hydrogens is 232 g/mol. The molecule has 0 N–H and O–H groups in total. The highest BCUT2D eigenvalue weighted by molar-refractivity contribution is 6.64. The van der Waals surface area contributed by atoms with Gasteiger partial charge < -0.3 is 0 Å². The first-order valence-electron chi connectivity index (χ1n) is 6.87. The van der Waals surface area contributed by atoms with Crippen LogP contribution in [0.4, 0.5) is 0 Å². The number of carbonyl (C=O) groups excluding carboxylic acids is 1. The summed E-state index contributed by atoms with van der Waals surface area (Å²) >= 11 is 5.58. The zero-order valence-electron chi connectivity index (χ0n) is 11.3. The topological polar surface area (TPSA) is 17.1 Å². The van der Waals surface area contributed by atoms with Gasteiger partial charge in [0.25, 0.3) is 0 Å². The number of hydrogen-bond acceptors (Lipinski definition) is 1. The molecule has 1 aliphatic carbocycles. The molecule has 0 aromatic heterocycles. The Kier molecular flexibility index (Phi) is 5.72. The summed E-state index contributed by atoms with van der Waals surface area (Å²) in [6.07, 6.45) is 12.2. The lowest BCUT2D eigenvalue weighted by atomic mass is 10.1. The molecule has 0 bridgehead atoms. The maximum Gasteiger partial charge on any atom is 0.225 e. The van der Waals surface area contributed by atoms with E-state index in [2.05, 4.69) is 32.9 Å². The Morgan fingerprint density at radius 2 is 1.88 bits per heavy atom. The molecule has 0 saturated heterocycles. The molecule has 0 aromatic rings. The summed E-state index contributed by atoms with van der Waals surface area (Å²) in [7, 11) is 0. The molecule has 98 valence electrons. The van der Waals surface area contributed by atoms with Gasteiger partial charge in [0, 0.05) is 5.92 Å². The van der Waals surface area contributed by atoms with Crippen LogP contribution in [-0.2, 0) is 4.79 Å². The van der Waals surface area contributed by atoms with Gasteiger partial charge in [-0.05, 0) is 35.8 Å². The Labute approximate surface area is 111 Å². The molecular formula is C15H25ClO. The summed E-state index contributed by atoms with van der Waals surface area (Å²) < 4.78 is 0. The van der Waals surface area contributed by atoms with Gasteiger partial charge in [0.15, 0.2) is 0 Å². The van der Waals surface area contributed by atoms with Crippen molar-refractivity contribution in [2.75, 3.05) is 0 Å². The average molecular weight is 257 g/mol. The van der Waals surface area contributed by atoms with Gasteiger partial charge in [-0.2, -0.15) is 0 Å². The van der Waals surface area contributed by atoms with Crippen molar-refractivity contribution in [3.8, 4) is 0 Å². The number of rotatable bonds is 8. The van der Waals surface area contributed by atoms with Crippen LogP contribution in [0.5, 0.6) is 0 Å². The van der Waals surface area contributed by atoms with Crippen LogP contribution < -0.4 is 0 Å². The van der Waals surface area contributed by atoms with E-state index in [0.717, 1.165) is 6.42 Å². The monoisotopic (exact) mass is 256 g/mol. The van der Waals surface area contributed by atoms with Gasteiger partial charge in [-0.25, -0.2) is 0 Å². The van der Waals surface area contributed by atoms with E-state index in [1.807, 2.05) is 0 Å². The molecule has 2 unspecified atom stereocenters. The Balaban J connectivity index is 2.16. The molecule has 0 aromatic carbocycles. The Morgan fingerprint density at radius 1 is 1.24 bits per heavy atom. The van der Waals surface area contributed by atoms with E-state index in [1.165, 1.54) is 32.1 Å². The summed E-state index contributed by atoms with van der Waals surface area (Å²) in [5, 5.41) is -0.174. The van der Waals surface area contributed by atoms with Crippen LogP contribution >= 0.6 is 11.6 Å². The molecule has 0 spiro atoms. The molecule has 0 radical (unpaired) electrons. The fourth-order valence-corrected chi connectivity index (χ4v) is 3.00. The van der Waals surface area contributed by atoms with Gasteiger partial charge in [0.05, 0.1) is 0 Å². The minimum absolute atomic E-state index is 0.0421. The van der Waals surface area contributed by atoms with Crippen LogP contribution in [0, 0.1) is 17.3 Å². The summed E-state index contributed by atoms with van der Waals surface area (Å²) in [6.45, 7) is 6.47. The first-order valence-corrected chi connectivity index (χ1v) is 7.25. The molecule has 1 rings (SSSR count). The normalized spacial score (nSPS) is 26.4. The highest BCUT2D eigenvalue weighted by Crippen LogP contribution is 2.59. The Morgan fingerprint density at radius 3 is 2.41 bits per heavy atom. The first kappa shape index (κ1) is 14.8. The average Bonchev–Trinajstić information content (AvgIpc) is 2.79. The number of allylic oxidation sites excluding steroid dienone is 2. The largest absolute Gasteiger partial charge is 0.281 e. The molecule has 1 fully saturated rings. The molecule has 2 heteroatoms. The van der Waals surface area contributed by atoms with Crippen molar-refractivity contribution in [3.05, 3.63) is 12.2 Å². The van der Waals surface area contributed by atoms with Crippen molar-refractivity contribution in [2.45, 2.75) is 59.3 Å². The summed E-state index contributed by atoms with van der Waals surface area (Å²) in [6, 6.07) is 0. The lowest BCUT2D eigenvalue weighted by Crippen LogP contribution is -1.96. The minimum atomic E-state index is -0.174. The van der Waals surface area contributed by atoms with Crippen LogP contribution in [0.2, 0.25) is 0 Å². The molecule has 0 amide bonds. The smallest absolute Gasteiger partial charge is 0.225 e. The summed E-state index contributed by atoms with van der Waals surface area (Å²) in [5.41, 5.74) is 0.0809. The highest BCUT2D eigenvalue weighted by atomic mass is 35.5. The molecule has 1 saturated carbocycles. The van der Waals surface area contributed by atoms with E-state index in [1.54, 1.807) is 0 Å². The van der Waals surface area contributed by atoms with Gasteiger partial charge in [0.2, 0.25) is 5.24 Å². The molecule has 0 aliphatic heterocycles. The van der Waals surface area contributed by atoms with Crippen molar-refractivity contribution in [3.63, 3.8) is 0 Å². The standard InChI is InChI=1S/C15H25ClO/c1-4-5-6-7-8-9-10-11-12-13(14(16)17)15(12,2)3/h10-13H,4-9H2,1-3H3. The summed E-state index contributed by atoms with van der Waals surface area (Å²) in [4.78, 5) is 11.2. The molecule has 0 heterocycles. The number of halogens is 1. The van der Waals surface area contributed by atoms with Crippen LogP contribution in [-0.4, -0.2) is 5.24 Å². The van der Waals surface area contributed by atoms with Crippen molar-refractivity contribution >= 4 is 16.8 Å². The predicted octanol–water partition coefficient (Wildman–Crippen LogP) is 4.94. The van der Waals surface area contributed by atoms with Crippen molar-refractivity contribution in [1.29, 1.82) is 0 Å². The second-order valence-corrected chi connectivity index (χ2v) is 6.13. The minimum Gasteiger partial charge on any atom is -0.281 e.